The maximum atomic E-state index is 13.3. The molecule has 4 aliphatic rings. The first-order valence-corrected chi connectivity index (χ1v) is 23.2. The van der Waals surface area contributed by atoms with Crippen LogP contribution in [0.15, 0.2) is 36.7 Å². The molecule has 2 aromatic rings. The minimum Gasteiger partial charge on any atom is -0.387 e. The van der Waals surface area contributed by atoms with E-state index in [9.17, 15) is 48.7 Å². The second-order valence-electron chi connectivity index (χ2n) is 14.4. The summed E-state index contributed by atoms with van der Waals surface area (Å²) in [5.74, 6) is -1.32. The number of fused-ring (bicyclic) bond motifs is 2. The van der Waals surface area contributed by atoms with Gasteiger partial charge >= 0.3 is 23.5 Å². The molecule has 3 saturated heterocycles. The van der Waals surface area contributed by atoms with Crippen molar-refractivity contribution >= 4 is 46.4 Å². The van der Waals surface area contributed by atoms with E-state index in [1.165, 1.54) is 17.3 Å². The third-order valence-electron chi connectivity index (χ3n) is 10.3. The zero-order valence-corrected chi connectivity index (χ0v) is 34.1. The molecule has 0 radical (unpaired) electrons. The Hall–Kier alpha value is -2.77. The highest BCUT2D eigenvalue weighted by molar-refractivity contribution is 7.60. The SMILES string of the molecule is CCCCCCCCC1C(O)NC(=O)C2=CN([C@@H]3O[C@H](COP(=O)(O)O[C@H]4[C@@H](O)[C@H](n5cnc6c(N)ncnc65)O[C@@H]4COP(=O)(O)OP(=O)(O)O)[C@@H](O)[C@H]3O)C=C[C@H]21. The third kappa shape index (κ3) is 10.8. The highest BCUT2D eigenvalue weighted by Gasteiger charge is 2.52. The van der Waals surface area contributed by atoms with Crippen molar-refractivity contribution < 1.29 is 85.8 Å². The molecule has 11 N–H and O–H groups in total. The number of imidazole rings is 1. The van der Waals surface area contributed by atoms with Gasteiger partial charge in [-0.3, -0.25) is 22.9 Å². The van der Waals surface area contributed by atoms with E-state index in [1.54, 1.807) is 6.08 Å². The first-order chi connectivity index (χ1) is 27.8. The number of phosphoric ester groups is 2. The van der Waals surface area contributed by atoms with Crippen LogP contribution in [0.3, 0.4) is 0 Å². The van der Waals surface area contributed by atoms with Crippen LogP contribution in [0.1, 0.15) is 58.1 Å². The molecule has 330 valence electrons. The number of nitrogens with one attached hydrogen (secondary N) is 1. The number of nitrogen functional groups attached to an aromatic ring is 1. The fourth-order valence-corrected chi connectivity index (χ4v) is 9.97. The highest BCUT2D eigenvalue weighted by Crippen LogP contribution is 2.58. The van der Waals surface area contributed by atoms with Crippen molar-refractivity contribution in [1.82, 2.24) is 29.7 Å². The first-order valence-electron chi connectivity index (χ1n) is 18.6. The van der Waals surface area contributed by atoms with Gasteiger partial charge in [0, 0.05) is 29.8 Å². The van der Waals surface area contributed by atoms with Gasteiger partial charge in [0.05, 0.1) is 19.5 Å². The molecule has 13 atom stereocenters. The number of aliphatic hydroxyl groups excluding tert-OH is 4. The number of ether oxygens (including phenoxy) is 2. The Kier molecular flexibility index (Phi) is 14.5. The van der Waals surface area contributed by atoms with E-state index in [-0.39, 0.29) is 22.9 Å². The maximum absolute atomic E-state index is 13.3. The number of nitrogens with zero attached hydrogens (tertiary/aromatic N) is 5. The number of nitrogens with two attached hydrogens (primary N) is 1. The lowest BCUT2D eigenvalue weighted by Gasteiger charge is -2.40. The summed E-state index contributed by atoms with van der Waals surface area (Å²) in [7, 11) is -16.4. The van der Waals surface area contributed by atoms with Gasteiger partial charge < -0.3 is 65.4 Å². The minimum atomic E-state index is -5.55. The summed E-state index contributed by atoms with van der Waals surface area (Å²) in [6.07, 6.45) is -0.507. The summed E-state index contributed by atoms with van der Waals surface area (Å²) < 4.78 is 68.1. The number of unbranched alkanes of at least 4 members (excludes halogenated alkanes) is 5. The molecule has 25 nitrogen and oxygen atoms in total. The summed E-state index contributed by atoms with van der Waals surface area (Å²) >= 11 is 0. The monoisotopic (exact) mass is 899 g/mol. The Bertz CT molecular complexity index is 2020. The van der Waals surface area contributed by atoms with Crippen molar-refractivity contribution in [2.75, 3.05) is 18.9 Å². The summed E-state index contributed by atoms with van der Waals surface area (Å²) in [4.78, 5) is 64.7. The molecule has 0 saturated carbocycles. The van der Waals surface area contributed by atoms with Crippen LogP contribution in [0, 0.1) is 11.8 Å². The molecule has 0 aromatic carbocycles. The zero-order valence-electron chi connectivity index (χ0n) is 31.4. The molecule has 6 heterocycles. The second-order valence-corrected chi connectivity index (χ2v) is 18.6. The largest absolute Gasteiger partial charge is 0.481 e. The number of amides is 1. The maximum Gasteiger partial charge on any atom is 0.481 e. The predicted octanol–water partition coefficient (Wildman–Crippen LogP) is -0.0136. The Balaban J connectivity index is 1.11. The molecule has 0 spiro atoms. The molecule has 0 bridgehead atoms. The summed E-state index contributed by atoms with van der Waals surface area (Å²) in [5, 5.41) is 46.4. The normalized spacial score (nSPS) is 33.1. The quantitative estimate of drug-likeness (QED) is 0.0654. The Morgan fingerprint density at radius 1 is 0.864 bits per heavy atom. The lowest BCUT2D eigenvalue weighted by Crippen LogP contribution is -2.52. The van der Waals surface area contributed by atoms with Crippen molar-refractivity contribution in [2.24, 2.45) is 11.8 Å². The fraction of sp³-hybridized carbons (Fsp3) is 0.677. The van der Waals surface area contributed by atoms with Gasteiger partial charge in [-0.15, -0.1) is 0 Å². The molecule has 1 amide bonds. The van der Waals surface area contributed by atoms with Crippen LogP contribution in [0.2, 0.25) is 0 Å². The fourth-order valence-electron chi connectivity index (χ4n) is 7.41. The average molecular weight is 900 g/mol. The van der Waals surface area contributed by atoms with Crippen molar-refractivity contribution in [1.29, 1.82) is 0 Å². The number of rotatable bonds is 19. The topological polar surface area (TPSA) is 370 Å². The van der Waals surface area contributed by atoms with E-state index in [4.69, 9.17) is 34.0 Å². The zero-order chi connectivity index (χ0) is 42.9. The van der Waals surface area contributed by atoms with Gasteiger partial charge in [-0.2, -0.15) is 4.31 Å². The molecule has 4 aliphatic heterocycles. The van der Waals surface area contributed by atoms with Crippen LogP contribution in [0.25, 0.3) is 11.2 Å². The molecule has 0 aliphatic carbocycles. The predicted molar refractivity (Wildman–Crippen MR) is 198 cm³/mol. The van der Waals surface area contributed by atoms with Crippen LogP contribution >= 0.6 is 23.5 Å². The lowest BCUT2D eigenvalue weighted by molar-refractivity contribution is -0.126. The van der Waals surface area contributed by atoms with E-state index in [1.807, 2.05) is 0 Å². The third-order valence-corrected chi connectivity index (χ3v) is 13.4. The summed E-state index contributed by atoms with van der Waals surface area (Å²) in [6, 6.07) is 0. The number of carbonyl (C=O) groups is 1. The molecular weight excluding hydrogens is 851 g/mol. The van der Waals surface area contributed by atoms with Crippen LogP contribution in [-0.4, -0.2) is 133 Å². The molecular formula is C31H48N7O18P3. The number of allylic oxidation sites excluding steroid dienone is 1. The molecule has 3 fully saturated rings. The Labute approximate surface area is 336 Å². The second kappa shape index (κ2) is 18.7. The molecule has 59 heavy (non-hydrogen) atoms. The number of phosphoric acid groups is 3. The van der Waals surface area contributed by atoms with Gasteiger partial charge in [0.25, 0.3) is 5.91 Å². The molecule has 6 rings (SSSR count). The first kappa shape index (κ1) is 45.7. The lowest BCUT2D eigenvalue weighted by atomic mass is 9.77. The van der Waals surface area contributed by atoms with E-state index in [2.05, 4.69) is 36.0 Å². The molecule has 28 heteroatoms. The van der Waals surface area contributed by atoms with Gasteiger partial charge in [-0.05, 0) is 6.42 Å². The van der Waals surface area contributed by atoms with Gasteiger partial charge in [-0.1, -0.05) is 51.5 Å². The van der Waals surface area contributed by atoms with Gasteiger partial charge in [0.1, 0.15) is 54.7 Å². The number of aromatic nitrogens is 4. The van der Waals surface area contributed by atoms with E-state index >= 15 is 0 Å². The number of piperidine rings is 1. The smallest absolute Gasteiger partial charge is 0.387 e. The van der Waals surface area contributed by atoms with Crippen molar-refractivity contribution in [3.05, 3.63) is 36.7 Å². The van der Waals surface area contributed by atoms with Crippen LogP contribution in [0.4, 0.5) is 5.82 Å². The number of hydrogen-bond donors (Lipinski definition) is 10. The van der Waals surface area contributed by atoms with Crippen LogP contribution in [-0.2, 0) is 45.8 Å². The summed E-state index contributed by atoms with van der Waals surface area (Å²) in [6.45, 7) is 0.128. The standard InChI is InChI=1S/C31H48N7O18P3/c1-2-3-4-5-6-7-8-17-16-9-10-37(11-18(16)29(43)36-28(17)42)30-23(40)22(39)19(53-30)12-51-58(47,48)55-25-20(13-52-59(49,50)56-57(44,45)46)54-31(24(25)41)38-15-35-21-26(32)33-14-34-27(21)38/h9-11,14-17,19-20,22-25,28,30-31,39-42H,2-8,12-13H2,1H3,(H,36,43)(H,47,48)(H,49,50)(H2,32,33,34)(H2,44,45,46)/t16-,17?,19+,20+,22+,23+,24+,25+,28?,30+,31+/m0/s1. The van der Waals surface area contributed by atoms with Crippen LogP contribution < -0.4 is 11.1 Å². The number of hydrogen-bond acceptors (Lipinski definition) is 19. The number of carbonyl (C=O) groups excluding carboxylic acids is 1. The molecule has 2 aromatic heterocycles. The minimum absolute atomic E-state index is 0.0212. The molecule has 4 unspecified atom stereocenters. The van der Waals surface area contributed by atoms with Crippen molar-refractivity contribution in [2.45, 2.75) is 107 Å². The average Bonchev–Trinajstić information content (AvgIpc) is 3.81. The van der Waals surface area contributed by atoms with Crippen LogP contribution in [0.5, 0.6) is 0 Å². The van der Waals surface area contributed by atoms with E-state index in [0.29, 0.717) is 12.0 Å². The van der Waals surface area contributed by atoms with Crippen molar-refractivity contribution in [3.63, 3.8) is 0 Å². The Morgan fingerprint density at radius 3 is 2.27 bits per heavy atom. The number of anilines is 1. The van der Waals surface area contributed by atoms with Crippen molar-refractivity contribution in [3.8, 4) is 0 Å². The van der Waals surface area contributed by atoms with Gasteiger partial charge in [0.15, 0.2) is 23.9 Å². The van der Waals surface area contributed by atoms with E-state index < -0.39 is 104 Å². The summed E-state index contributed by atoms with van der Waals surface area (Å²) in [5.41, 5.74) is 6.23. The Morgan fingerprint density at radius 2 is 1.54 bits per heavy atom. The number of aliphatic hydroxyl groups is 4. The highest BCUT2D eigenvalue weighted by atomic mass is 31.3. The van der Waals surface area contributed by atoms with Gasteiger partial charge in [0.2, 0.25) is 0 Å². The van der Waals surface area contributed by atoms with E-state index in [0.717, 1.165) is 55.7 Å². The van der Waals surface area contributed by atoms with Gasteiger partial charge in [-0.25, -0.2) is 28.6 Å².